The standard InChI is InChI=1S/C23H27F3N4O2/c1-14-10-15(2)20(16(3)11-14)29-19(31)12-28-22(32)17-6-5-9-30(13-17)21-18(23(24,25)26)7-4-8-27-21/h4,7-8,10-11,17H,5-6,9,12-13H2,1-3H3,(H,28,32)(H,29,31). The van der Waals surface area contributed by atoms with E-state index in [4.69, 9.17) is 0 Å². The number of hydrogen-bond donors (Lipinski definition) is 2. The van der Waals surface area contributed by atoms with E-state index in [1.54, 1.807) is 0 Å². The van der Waals surface area contributed by atoms with E-state index in [9.17, 15) is 22.8 Å². The summed E-state index contributed by atoms with van der Waals surface area (Å²) in [4.78, 5) is 30.4. The normalized spacial score (nSPS) is 16.6. The van der Waals surface area contributed by atoms with E-state index >= 15 is 0 Å². The second-order valence-electron chi connectivity index (χ2n) is 8.20. The fourth-order valence-electron chi connectivity index (χ4n) is 4.13. The van der Waals surface area contributed by atoms with E-state index in [0.717, 1.165) is 22.8 Å². The molecular weight excluding hydrogens is 421 g/mol. The van der Waals surface area contributed by atoms with Gasteiger partial charge in [-0.1, -0.05) is 17.7 Å². The summed E-state index contributed by atoms with van der Waals surface area (Å²) in [5.41, 5.74) is 2.86. The third-order valence-electron chi connectivity index (χ3n) is 5.55. The van der Waals surface area contributed by atoms with Gasteiger partial charge in [0.1, 0.15) is 5.82 Å². The van der Waals surface area contributed by atoms with Crippen molar-refractivity contribution < 1.29 is 22.8 Å². The van der Waals surface area contributed by atoms with Crippen LogP contribution >= 0.6 is 0 Å². The molecule has 3 rings (SSSR count). The van der Waals surface area contributed by atoms with Gasteiger partial charge in [0.15, 0.2) is 0 Å². The topological polar surface area (TPSA) is 74.3 Å². The van der Waals surface area contributed by atoms with Crippen LogP contribution in [0.3, 0.4) is 0 Å². The molecule has 1 aromatic heterocycles. The number of carbonyl (C=O) groups is 2. The third-order valence-corrected chi connectivity index (χ3v) is 5.55. The number of benzene rings is 1. The Morgan fingerprint density at radius 3 is 2.53 bits per heavy atom. The molecule has 6 nitrogen and oxygen atoms in total. The first-order valence-electron chi connectivity index (χ1n) is 10.5. The first kappa shape index (κ1) is 23.6. The minimum absolute atomic E-state index is 0.115. The van der Waals surface area contributed by atoms with Crippen LogP contribution in [0.5, 0.6) is 0 Å². The SMILES string of the molecule is Cc1cc(C)c(NC(=O)CNC(=O)C2CCCN(c3ncccc3C(F)(F)F)C2)c(C)c1. The Hall–Kier alpha value is -3.10. The molecule has 9 heteroatoms. The highest BCUT2D eigenvalue weighted by Crippen LogP contribution is 2.36. The number of halogens is 3. The highest BCUT2D eigenvalue weighted by atomic mass is 19.4. The van der Waals surface area contributed by atoms with E-state index in [-0.39, 0.29) is 30.7 Å². The average molecular weight is 448 g/mol. The van der Waals surface area contributed by atoms with Crippen LogP contribution in [0.4, 0.5) is 24.7 Å². The number of pyridine rings is 1. The molecule has 2 amide bonds. The molecule has 0 aliphatic carbocycles. The number of aromatic nitrogens is 1. The smallest absolute Gasteiger partial charge is 0.355 e. The van der Waals surface area contributed by atoms with Crippen LogP contribution in [0.25, 0.3) is 0 Å². The number of amides is 2. The predicted octanol–water partition coefficient (Wildman–Crippen LogP) is 4.00. The van der Waals surface area contributed by atoms with Gasteiger partial charge in [-0.2, -0.15) is 13.2 Å². The average Bonchev–Trinajstić information content (AvgIpc) is 2.74. The van der Waals surface area contributed by atoms with Gasteiger partial charge in [0.2, 0.25) is 11.8 Å². The van der Waals surface area contributed by atoms with Crippen LogP contribution < -0.4 is 15.5 Å². The highest BCUT2D eigenvalue weighted by molar-refractivity contribution is 5.96. The number of nitrogens with zero attached hydrogens (tertiary/aromatic N) is 2. The Balaban J connectivity index is 1.60. The lowest BCUT2D eigenvalue weighted by atomic mass is 9.96. The van der Waals surface area contributed by atoms with Gasteiger partial charge in [-0.15, -0.1) is 0 Å². The Morgan fingerprint density at radius 1 is 1.19 bits per heavy atom. The lowest BCUT2D eigenvalue weighted by Crippen LogP contribution is -2.45. The Kier molecular flexibility index (Phi) is 7.06. The van der Waals surface area contributed by atoms with Crippen molar-refractivity contribution in [3.05, 3.63) is 52.7 Å². The molecule has 1 aliphatic rings. The lowest BCUT2D eigenvalue weighted by molar-refractivity contribution is -0.137. The van der Waals surface area contributed by atoms with Crippen molar-refractivity contribution in [2.45, 2.75) is 39.8 Å². The maximum absolute atomic E-state index is 13.3. The van der Waals surface area contributed by atoms with Crippen molar-refractivity contribution in [2.24, 2.45) is 5.92 Å². The van der Waals surface area contributed by atoms with Gasteiger partial charge in [-0.3, -0.25) is 9.59 Å². The first-order chi connectivity index (χ1) is 15.1. The van der Waals surface area contributed by atoms with Crippen LogP contribution in [0.2, 0.25) is 0 Å². The number of hydrogen-bond acceptors (Lipinski definition) is 4. The molecule has 1 unspecified atom stereocenters. The minimum Gasteiger partial charge on any atom is -0.355 e. The molecule has 1 aliphatic heterocycles. The van der Waals surface area contributed by atoms with Gasteiger partial charge >= 0.3 is 6.18 Å². The van der Waals surface area contributed by atoms with E-state index in [1.165, 1.54) is 17.2 Å². The molecule has 32 heavy (non-hydrogen) atoms. The molecule has 1 saturated heterocycles. The zero-order valence-electron chi connectivity index (χ0n) is 18.3. The summed E-state index contributed by atoms with van der Waals surface area (Å²) in [5, 5.41) is 5.44. The van der Waals surface area contributed by atoms with Crippen LogP contribution in [-0.4, -0.2) is 36.4 Å². The summed E-state index contributed by atoms with van der Waals surface area (Å²) in [6, 6.07) is 6.16. The molecular formula is C23H27F3N4O2. The largest absolute Gasteiger partial charge is 0.419 e. The van der Waals surface area contributed by atoms with Crippen LogP contribution in [0.15, 0.2) is 30.5 Å². The highest BCUT2D eigenvalue weighted by Gasteiger charge is 2.37. The number of nitrogens with one attached hydrogen (secondary N) is 2. The summed E-state index contributed by atoms with van der Waals surface area (Å²) in [6.07, 6.45) is -2.12. The minimum atomic E-state index is -4.52. The molecule has 172 valence electrons. The lowest BCUT2D eigenvalue weighted by Gasteiger charge is -2.34. The van der Waals surface area contributed by atoms with Gasteiger partial charge < -0.3 is 15.5 Å². The number of anilines is 2. The van der Waals surface area contributed by atoms with Gasteiger partial charge in [-0.25, -0.2) is 4.98 Å². The molecule has 2 N–H and O–H groups in total. The second kappa shape index (κ2) is 9.58. The van der Waals surface area contributed by atoms with Gasteiger partial charge in [0.25, 0.3) is 0 Å². The van der Waals surface area contributed by atoms with Gasteiger partial charge in [-0.05, 0) is 56.9 Å². The second-order valence-corrected chi connectivity index (χ2v) is 8.20. The number of piperidine rings is 1. The van der Waals surface area contributed by atoms with Crippen molar-refractivity contribution in [3.8, 4) is 0 Å². The molecule has 1 atom stereocenters. The number of aryl methyl sites for hydroxylation is 3. The molecule has 0 saturated carbocycles. The van der Waals surface area contributed by atoms with Crippen molar-refractivity contribution in [1.29, 1.82) is 0 Å². The van der Waals surface area contributed by atoms with Crippen LogP contribution in [-0.2, 0) is 15.8 Å². The van der Waals surface area contributed by atoms with Crippen LogP contribution in [0, 0.1) is 26.7 Å². The van der Waals surface area contributed by atoms with E-state index in [2.05, 4.69) is 15.6 Å². The summed E-state index contributed by atoms with van der Waals surface area (Å²) < 4.78 is 40.0. The van der Waals surface area contributed by atoms with Gasteiger partial charge in [0, 0.05) is 25.0 Å². The summed E-state index contributed by atoms with van der Waals surface area (Å²) in [6.45, 7) is 6.07. The number of rotatable bonds is 5. The first-order valence-corrected chi connectivity index (χ1v) is 10.5. The fraction of sp³-hybridized carbons (Fsp3) is 0.435. The fourth-order valence-corrected chi connectivity index (χ4v) is 4.13. The quantitative estimate of drug-likeness (QED) is 0.725. The molecule has 0 bridgehead atoms. The number of carbonyl (C=O) groups excluding carboxylic acids is 2. The Bertz CT molecular complexity index is 984. The molecule has 1 aromatic carbocycles. The zero-order chi connectivity index (χ0) is 23.5. The molecule has 0 radical (unpaired) electrons. The third kappa shape index (κ3) is 5.57. The van der Waals surface area contributed by atoms with Crippen molar-refractivity contribution in [3.63, 3.8) is 0 Å². The maximum atomic E-state index is 13.3. The Labute approximate surface area is 185 Å². The van der Waals surface area contributed by atoms with Gasteiger partial charge in [0.05, 0.1) is 18.0 Å². The Morgan fingerprint density at radius 2 is 1.88 bits per heavy atom. The van der Waals surface area contributed by atoms with Crippen molar-refractivity contribution >= 4 is 23.3 Å². The zero-order valence-corrected chi connectivity index (χ0v) is 18.3. The molecule has 0 spiro atoms. The van der Waals surface area contributed by atoms with E-state index < -0.39 is 17.7 Å². The maximum Gasteiger partial charge on any atom is 0.419 e. The van der Waals surface area contributed by atoms with Crippen molar-refractivity contribution in [1.82, 2.24) is 10.3 Å². The summed E-state index contributed by atoms with van der Waals surface area (Å²) >= 11 is 0. The monoisotopic (exact) mass is 448 g/mol. The summed E-state index contributed by atoms with van der Waals surface area (Å²) in [5.74, 6) is -1.40. The summed E-state index contributed by atoms with van der Waals surface area (Å²) in [7, 11) is 0. The molecule has 1 fully saturated rings. The van der Waals surface area contributed by atoms with Crippen molar-refractivity contribution in [2.75, 3.05) is 29.9 Å². The van der Waals surface area contributed by atoms with E-state index in [1.807, 2.05) is 32.9 Å². The van der Waals surface area contributed by atoms with E-state index in [0.29, 0.717) is 25.1 Å². The van der Waals surface area contributed by atoms with Crippen LogP contribution in [0.1, 0.15) is 35.1 Å². The predicted molar refractivity (Wildman–Crippen MR) is 116 cm³/mol. The molecule has 2 heterocycles. The number of alkyl halides is 3. The molecule has 2 aromatic rings.